The quantitative estimate of drug-likeness (QED) is 0.427. The lowest BCUT2D eigenvalue weighted by atomic mass is 10.0. The third-order valence-corrected chi connectivity index (χ3v) is 5.18. The average Bonchev–Trinajstić information content (AvgIpc) is 2.40. The Morgan fingerprint density at radius 2 is 1.95 bits per heavy atom. The molecule has 2 rings (SSSR count). The third kappa shape index (κ3) is 3.44. The maximum absolute atomic E-state index is 6.08. The summed E-state index contributed by atoms with van der Waals surface area (Å²) in [6.45, 7) is 2.05. The highest BCUT2D eigenvalue weighted by atomic mass is 127. The van der Waals surface area contributed by atoms with Gasteiger partial charge in [0.1, 0.15) is 5.75 Å². The van der Waals surface area contributed by atoms with Gasteiger partial charge in [0.2, 0.25) is 0 Å². The number of methoxy groups -OCH3 is 1. The van der Waals surface area contributed by atoms with Crippen molar-refractivity contribution >= 4 is 50.1 Å². The van der Waals surface area contributed by atoms with Crippen molar-refractivity contribution in [1.29, 1.82) is 0 Å². The van der Waals surface area contributed by atoms with Crippen LogP contribution in [0.4, 0.5) is 0 Å². The van der Waals surface area contributed by atoms with Crippen LogP contribution < -0.4 is 4.74 Å². The van der Waals surface area contributed by atoms with Crippen molar-refractivity contribution in [3.05, 3.63) is 61.7 Å². The number of benzene rings is 2. The minimum absolute atomic E-state index is 0.128. The van der Waals surface area contributed by atoms with Crippen LogP contribution in [-0.4, -0.2) is 7.11 Å². The Morgan fingerprint density at radius 3 is 2.58 bits per heavy atom. The van der Waals surface area contributed by atoms with E-state index in [1.807, 2.05) is 31.2 Å². The fraction of sp³-hybridized carbons (Fsp3) is 0.200. The lowest BCUT2D eigenvalue weighted by molar-refractivity contribution is 0.411. The minimum atomic E-state index is 0.128. The van der Waals surface area contributed by atoms with E-state index in [9.17, 15) is 0 Å². The van der Waals surface area contributed by atoms with Crippen LogP contribution in [0.15, 0.2) is 36.4 Å². The predicted molar refractivity (Wildman–Crippen MR) is 92.7 cm³/mol. The zero-order valence-electron chi connectivity index (χ0n) is 10.6. The van der Waals surface area contributed by atoms with E-state index in [4.69, 9.17) is 16.3 Å². The van der Waals surface area contributed by atoms with Gasteiger partial charge in [0, 0.05) is 8.59 Å². The largest absolute Gasteiger partial charge is 0.496 e. The molecule has 1 unspecified atom stereocenters. The molecule has 0 aliphatic heterocycles. The lowest BCUT2D eigenvalue weighted by Crippen LogP contribution is -1.97. The SMILES string of the molecule is COc1ccc(C(Br)c2cc(Cl)ccc2I)cc1C. The van der Waals surface area contributed by atoms with Crippen LogP contribution in [0.25, 0.3) is 0 Å². The first-order valence-electron chi connectivity index (χ1n) is 5.76. The van der Waals surface area contributed by atoms with E-state index in [0.717, 1.165) is 16.3 Å². The number of hydrogen-bond acceptors (Lipinski definition) is 1. The first kappa shape index (κ1) is 15.1. The Hall–Kier alpha value is -0.260. The van der Waals surface area contributed by atoms with Gasteiger partial charge in [-0.25, -0.2) is 0 Å². The van der Waals surface area contributed by atoms with Crippen LogP contribution in [-0.2, 0) is 0 Å². The number of ether oxygens (including phenoxy) is 1. The first-order valence-corrected chi connectivity index (χ1v) is 8.13. The summed E-state index contributed by atoms with van der Waals surface area (Å²) in [5.41, 5.74) is 3.50. The second-order valence-corrected chi connectivity index (χ2v) is 6.77. The molecule has 0 heterocycles. The monoisotopic (exact) mass is 450 g/mol. The molecule has 1 nitrogen and oxygen atoms in total. The van der Waals surface area contributed by atoms with Crippen molar-refractivity contribution in [3.8, 4) is 5.75 Å². The van der Waals surface area contributed by atoms with Gasteiger partial charge >= 0.3 is 0 Å². The first-order chi connectivity index (χ1) is 9.02. The van der Waals surface area contributed by atoms with Crippen LogP contribution in [0.5, 0.6) is 5.75 Å². The summed E-state index contributed by atoms with van der Waals surface area (Å²) >= 11 is 12.2. The van der Waals surface area contributed by atoms with Gasteiger partial charge in [0.05, 0.1) is 11.9 Å². The minimum Gasteiger partial charge on any atom is -0.496 e. The molecule has 0 saturated carbocycles. The van der Waals surface area contributed by atoms with E-state index < -0.39 is 0 Å². The number of hydrogen-bond donors (Lipinski definition) is 0. The van der Waals surface area contributed by atoms with Crippen molar-refractivity contribution in [2.24, 2.45) is 0 Å². The lowest BCUT2D eigenvalue weighted by Gasteiger charge is -2.15. The van der Waals surface area contributed by atoms with E-state index >= 15 is 0 Å². The molecule has 0 saturated heterocycles. The number of halogens is 3. The Labute approximate surface area is 140 Å². The van der Waals surface area contributed by atoms with Crippen LogP contribution in [0, 0.1) is 10.5 Å². The summed E-state index contributed by atoms with van der Waals surface area (Å²) in [6.07, 6.45) is 0. The van der Waals surface area contributed by atoms with Gasteiger partial charge in [-0.05, 0) is 70.5 Å². The van der Waals surface area contributed by atoms with Gasteiger partial charge in [0.15, 0.2) is 0 Å². The number of rotatable bonds is 3. The van der Waals surface area contributed by atoms with Crippen LogP contribution in [0.3, 0.4) is 0 Å². The third-order valence-electron chi connectivity index (χ3n) is 2.94. The molecule has 2 aromatic rings. The highest BCUT2D eigenvalue weighted by Crippen LogP contribution is 2.36. The van der Waals surface area contributed by atoms with Crippen molar-refractivity contribution in [2.75, 3.05) is 7.11 Å². The Morgan fingerprint density at radius 1 is 1.21 bits per heavy atom. The zero-order chi connectivity index (χ0) is 14.0. The van der Waals surface area contributed by atoms with E-state index in [0.29, 0.717) is 0 Å². The summed E-state index contributed by atoms with van der Waals surface area (Å²) < 4.78 is 6.48. The molecule has 19 heavy (non-hydrogen) atoms. The van der Waals surface area contributed by atoms with Gasteiger partial charge in [0.25, 0.3) is 0 Å². The standard InChI is InChI=1S/C15H13BrClIO/c1-9-7-10(3-6-14(9)19-2)15(16)12-8-11(17)4-5-13(12)18/h3-8,15H,1-2H3. The van der Waals surface area contributed by atoms with Crippen LogP contribution in [0.2, 0.25) is 5.02 Å². The van der Waals surface area contributed by atoms with E-state index in [2.05, 4.69) is 50.7 Å². The molecule has 0 bridgehead atoms. The fourth-order valence-corrected chi connectivity index (χ4v) is 3.87. The molecule has 100 valence electrons. The van der Waals surface area contributed by atoms with Gasteiger partial charge in [-0.2, -0.15) is 0 Å². The van der Waals surface area contributed by atoms with Crippen LogP contribution in [0.1, 0.15) is 21.5 Å². The molecule has 0 spiro atoms. The summed E-state index contributed by atoms with van der Waals surface area (Å²) in [5, 5.41) is 0.755. The maximum Gasteiger partial charge on any atom is 0.121 e. The van der Waals surface area contributed by atoms with Crippen molar-refractivity contribution in [1.82, 2.24) is 0 Å². The van der Waals surface area contributed by atoms with Crippen molar-refractivity contribution < 1.29 is 4.74 Å². The van der Waals surface area contributed by atoms with Crippen LogP contribution >= 0.6 is 50.1 Å². The molecular weight excluding hydrogens is 438 g/mol. The second kappa shape index (κ2) is 6.46. The molecular formula is C15H13BrClIO. The topological polar surface area (TPSA) is 9.23 Å². The Kier molecular flexibility index (Phi) is 5.15. The van der Waals surface area contributed by atoms with E-state index in [1.54, 1.807) is 7.11 Å². The molecule has 0 aliphatic carbocycles. The second-order valence-electron chi connectivity index (χ2n) is 4.26. The molecule has 0 aromatic heterocycles. The summed E-state index contributed by atoms with van der Waals surface area (Å²) in [5.74, 6) is 0.907. The van der Waals surface area contributed by atoms with Gasteiger partial charge in [-0.1, -0.05) is 39.7 Å². The highest BCUT2D eigenvalue weighted by molar-refractivity contribution is 14.1. The van der Waals surface area contributed by atoms with E-state index in [1.165, 1.54) is 14.7 Å². The fourth-order valence-electron chi connectivity index (χ4n) is 1.95. The summed E-state index contributed by atoms with van der Waals surface area (Å²) in [6, 6.07) is 12.1. The molecule has 0 radical (unpaired) electrons. The molecule has 2 aromatic carbocycles. The van der Waals surface area contributed by atoms with Gasteiger partial charge < -0.3 is 4.74 Å². The molecule has 4 heteroatoms. The summed E-state index contributed by atoms with van der Waals surface area (Å²) in [7, 11) is 1.69. The molecule has 0 amide bonds. The summed E-state index contributed by atoms with van der Waals surface area (Å²) in [4.78, 5) is 0.128. The van der Waals surface area contributed by atoms with Crippen molar-refractivity contribution in [3.63, 3.8) is 0 Å². The Balaban J connectivity index is 2.41. The molecule has 1 atom stereocenters. The number of aryl methyl sites for hydroxylation is 1. The van der Waals surface area contributed by atoms with Gasteiger partial charge in [-0.15, -0.1) is 0 Å². The molecule has 0 N–H and O–H groups in total. The highest BCUT2D eigenvalue weighted by Gasteiger charge is 2.15. The normalized spacial score (nSPS) is 12.3. The van der Waals surface area contributed by atoms with E-state index in [-0.39, 0.29) is 4.83 Å². The number of alkyl halides is 1. The predicted octanol–water partition coefficient (Wildman–Crippen LogP) is 5.75. The maximum atomic E-state index is 6.08. The van der Waals surface area contributed by atoms with Gasteiger partial charge in [-0.3, -0.25) is 0 Å². The zero-order valence-corrected chi connectivity index (χ0v) is 15.1. The van der Waals surface area contributed by atoms with Crippen molar-refractivity contribution in [2.45, 2.75) is 11.8 Å². The smallest absolute Gasteiger partial charge is 0.121 e. The molecule has 0 aliphatic rings. The Bertz CT molecular complexity index is 601. The average molecular weight is 452 g/mol. The molecule has 0 fully saturated rings.